The van der Waals surface area contributed by atoms with Crippen molar-refractivity contribution in [3.8, 4) is 5.75 Å². The van der Waals surface area contributed by atoms with Crippen LogP contribution in [-0.2, 0) is 22.7 Å². The summed E-state index contributed by atoms with van der Waals surface area (Å²) in [5.74, 6) is -0.700. The number of hydrogen-bond acceptors (Lipinski definition) is 3. The van der Waals surface area contributed by atoms with Crippen LogP contribution in [0.3, 0.4) is 0 Å². The second kappa shape index (κ2) is 9.28. The van der Waals surface area contributed by atoms with Crippen LogP contribution in [0.4, 0.5) is 0 Å². The van der Waals surface area contributed by atoms with Crippen molar-refractivity contribution in [2.45, 2.75) is 39.5 Å². The van der Waals surface area contributed by atoms with Crippen LogP contribution in [0.2, 0.25) is 0 Å². The number of carboxylic acid groups (broad SMARTS) is 1. The predicted molar refractivity (Wildman–Crippen MR) is 112 cm³/mol. The number of hydrogen-bond donors (Lipinski definition) is 2. The van der Waals surface area contributed by atoms with Crippen molar-refractivity contribution >= 4 is 22.8 Å². The van der Waals surface area contributed by atoms with Gasteiger partial charge < -0.3 is 19.7 Å². The number of fused-ring (bicyclic) bond motifs is 1. The van der Waals surface area contributed by atoms with Crippen molar-refractivity contribution in [2.24, 2.45) is 5.92 Å². The molecule has 2 aromatic carbocycles. The topological polar surface area (TPSA) is 80.6 Å². The van der Waals surface area contributed by atoms with E-state index in [1.165, 1.54) is 0 Å². The van der Waals surface area contributed by atoms with Crippen molar-refractivity contribution in [2.75, 3.05) is 0 Å². The Kier molecular flexibility index (Phi) is 6.54. The second-order valence-electron chi connectivity index (χ2n) is 7.38. The average molecular weight is 394 g/mol. The fourth-order valence-electron chi connectivity index (χ4n) is 3.17. The van der Waals surface area contributed by atoms with Gasteiger partial charge in [-0.1, -0.05) is 44.2 Å². The third kappa shape index (κ3) is 5.38. The van der Waals surface area contributed by atoms with E-state index in [1.54, 1.807) is 13.8 Å². The molecule has 3 aromatic rings. The maximum absolute atomic E-state index is 12.2. The zero-order valence-electron chi connectivity index (χ0n) is 16.7. The fraction of sp³-hybridized carbons (Fsp3) is 0.304. The quantitative estimate of drug-likeness (QED) is 0.578. The van der Waals surface area contributed by atoms with Crippen LogP contribution >= 0.6 is 0 Å². The standard InChI is InChI=1S/C23H26N2O4/c1-16(2)22(23(27)28)24-21(26)11-13-25-12-10-18-8-9-19(14-20(18)25)29-15-17-6-4-3-5-7-17/h3-10,12,14,16,22H,11,13,15H2,1-2H3,(H,24,26)(H,27,28)/t22-/m0/s1. The molecule has 0 bridgehead atoms. The van der Waals surface area contributed by atoms with E-state index in [0.29, 0.717) is 13.2 Å². The van der Waals surface area contributed by atoms with Crippen molar-refractivity contribution in [3.63, 3.8) is 0 Å². The second-order valence-corrected chi connectivity index (χ2v) is 7.38. The molecule has 1 amide bonds. The highest BCUT2D eigenvalue weighted by Gasteiger charge is 2.23. The first kappa shape index (κ1) is 20.5. The molecule has 0 saturated heterocycles. The molecule has 0 spiro atoms. The van der Waals surface area contributed by atoms with Crippen LogP contribution in [0, 0.1) is 5.92 Å². The molecule has 1 aromatic heterocycles. The Balaban J connectivity index is 1.63. The maximum Gasteiger partial charge on any atom is 0.326 e. The number of benzene rings is 2. The number of carbonyl (C=O) groups excluding carboxylic acids is 1. The minimum Gasteiger partial charge on any atom is -0.489 e. The van der Waals surface area contributed by atoms with Crippen LogP contribution in [-0.4, -0.2) is 27.6 Å². The molecule has 0 saturated carbocycles. The number of nitrogens with one attached hydrogen (secondary N) is 1. The van der Waals surface area contributed by atoms with Gasteiger partial charge in [-0.3, -0.25) is 4.79 Å². The normalized spacial score (nSPS) is 12.1. The number of aliphatic carboxylic acids is 1. The van der Waals surface area contributed by atoms with Gasteiger partial charge in [-0.15, -0.1) is 0 Å². The summed E-state index contributed by atoms with van der Waals surface area (Å²) in [6.45, 7) is 4.49. The van der Waals surface area contributed by atoms with Gasteiger partial charge in [-0.2, -0.15) is 0 Å². The van der Waals surface area contributed by atoms with Crippen LogP contribution in [0.5, 0.6) is 5.75 Å². The molecule has 0 radical (unpaired) electrons. The van der Waals surface area contributed by atoms with Crippen molar-refractivity contribution in [1.29, 1.82) is 0 Å². The summed E-state index contributed by atoms with van der Waals surface area (Å²) in [5.41, 5.74) is 2.07. The monoisotopic (exact) mass is 394 g/mol. The number of nitrogens with zero attached hydrogens (tertiary/aromatic N) is 1. The molecule has 0 aliphatic heterocycles. The van der Waals surface area contributed by atoms with Crippen LogP contribution in [0.15, 0.2) is 60.8 Å². The number of aryl methyl sites for hydroxylation is 1. The molecule has 1 atom stereocenters. The smallest absolute Gasteiger partial charge is 0.326 e. The Morgan fingerprint density at radius 2 is 1.86 bits per heavy atom. The highest BCUT2D eigenvalue weighted by molar-refractivity contribution is 5.84. The van der Waals surface area contributed by atoms with Gasteiger partial charge in [0.1, 0.15) is 18.4 Å². The van der Waals surface area contributed by atoms with E-state index < -0.39 is 12.0 Å². The molecule has 0 fully saturated rings. The summed E-state index contributed by atoms with van der Waals surface area (Å²) in [4.78, 5) is 23.5. The number of aromatic nitrogens is 1. The van der Waals surface area contributed by atoms with Gasteiger partial charge in [-0.05, 0) is 35.1 Å². The van der Waals surface area contributed by atoms with Crippen molar-refractivity contribution in [1.82, 2.24) is 9.88 Å². The zero-order chi connectivity index (χ0) is 20.8. The molecule has 6 heteroatoms. The summed E-state index contributed by atoms with van der Waals surface area (Å²) < 4.78 is 7.88. The summed E-state index contributed by atoms with van der Waals surface area (Å²) in [6.07, 6.45) is 2.13. The lowest BCUT2D eigenvalue weighted by Crippen LogP contribution is -2.44. The van der Waals surface area contributed by atoms with E-state index in [2.05, 4.69) is 5.32 Å². The maximum atomic E-state index is 12.2. The molecule has 29 heavy (non-hydrogen) atoms. The molecular weight excluding hydrogens is 368 g/mol. The van der Waals surface area contributed by atoms with Gasteiger partial charge in [0.05, 0.1) is 5.52 Å². The molecule has 0 unspecified atom stereocenters. The van der Waals surface area contributed by atoms with E-state index in [1.807, 2.05) is 65.4 Å². The van der Waals surface area contributed by atoms with E-state index in [-0.39, 0.29) is 18.2 Å². The third-order valence-electron chi connectivity index (χ3n) is 4.82. The van der Waals surface area contributed by atoms with Crippen LogP contribution < -0.4 is 10.1 Å². The van der Waals surface area contributed by atoms with Gasteiger partial charge in [-0.25, -0.2) is 4.79 Å². The minimum absolute atomic E-state index is 0.173. The van der Waals surface area contributed by atoms with Gasteiger partial charge in [0.25, 0.3) is 0 Å². The first-order valence-corrected chi connectivity index (χ1v) is 9.72. The van der Waals surface area contributed by atoms with E-state index in [9.17, 15) is 14.7 Å². The number of carbonyl (C=O) groups is 2. The van der Waals surface area contributed by atoms with Gasteiger partial charge >= 0.3 is 5.97 Å². The largest absolute Gasteiger partial charge is 0.489 e. The van der Waals surface area contributed by atoms with E-state index >= 15 is 0 Å². The SMILES string of the molecule is CC(C)[C@H](NC(=O)CCn1ccc2ccc(OCc3ccccc3)cc21)C(=O)O. The molecule has 3 rings (SSSR count). The van der Waals surface area contributed by atoms with E-state index in [0.717, 1.165) is 22.2 Å². The zero-order valence-corrected chi connectivity index (χ0v) is 16.7. The molecule has 0 aliphatic rings. The highest BCUT2D eigenvalue weighted by Crippen LogP contribution is 2.23. The lowest BCUT2D eigenvalue weighted by atomic mass is 10.0. The van der Waals surface area contributed by atoms with Gasteiger partial charge in [0, 0.05) is 25.2 Å². The minimum atomic E-state index is -1.01. The van der Waals surface area contributed by atoms with Gasteiger partial charge in [0.2, 0.25) is 5.91 Å². The Morgan fingerprint density at radius 3 is 2.55 bits per heavy atom. The number of amides is 1. The van der Waals surface area contributed by atoms with Crippen LogP contribution in [0.25, 0.3) is 10.9 Å². The molecule has 152 valence electrons. The number of ether oxygens (including phenoxy) is 1. The molecule has 1 heterocycles. The Morgan fingerprint density at radius 1 is 1.10 bits per heavy atom. The average Bonchev–Trinajstić information content (AvgIpc) is 3.11. The van der Waals surface area contributed by atoms with Crippen LogP contribution in [0.1, 0.15) is 25.8 Å². The summed E-state index contributed by atoms with van der Waals surface area (Å²) >= 11 is 0. The highest BCUT2D eigenvalue weighted by atomic mass is 16.5. The summed E-state index contributed by atoms with van der Waals surface area (Å²) in [6, 6.07) is 17.0. The number of carboxylic acids is 1. The molecular formula is C23H26N2O4. The van der Waals surface area contributed by atoms with E-state index in [4.69, 9.17) is 4.74 Å². The predicted octanol–water partition coefficient (Wildman–Crippen LogP) is 3.84. The Labute approximate surface area is 170 Å². The molecule has 6 nitrogen and oxygen atoms in total. The van der Waals surface area contributed by atoms with Crippen molar-refractivity contribution < 1.29 is 19.4 Å². The number of rotatable bonds is 9. The first-order chi connectivity index (χ1) is 13.9. The lowest BCUT2D eigenvalue weighted by molar-refractivity contribution is -0.143. The molecule has 0 aliphatic carbocycles. The first-order valence-electron chi connectivity index (χ1n) is 9.72. The Bertz CT molecular complexity index is 979. The summed E-state index contributed by atoms with van der Waals surface area (Å²) in [7, 11) is 0. The molecule has 2 N–H and O–H groups in total. The third-order valence-corrected chi connectivity index (χ3v) is 4.82. The van der Waals surface area contributed by atoms with Gasteiger partial charge in [0.15, 0.2) is 0 Å². The summed E-state index contributed by atoms with van der Waals surface area (Å²) in [5, 5.41) is 12.9. The Hall–Kier alpha value is -3.28. The fourth-order valence-corrected chi connectivity index (χ4v) is 3.17. The lowest BCUT2D eigenvalue weighted by Gasteiger charge is -2.18. The van der Waals surface area contributed by atoms with Crippen molar-refractivity contribution in [3.05, 3.63) is 66.4 Å².